The Morgan fingerprint density at radius 3 is 1.84 bits per heavy atom. The third-order valence-corrected chi connectivity index (χ3v) is 8.10. The predicted octanol–water partition coefficient (Wildman–Crippen LogP) is 6.52. The Labute approximate surface area is 224 Å². The second-order valence-corrected chi connectivity index (χ2v) is 11.3. The molecule has 0 amide bonds. The second-order valence-electron chi connectivity index (χ2n) is 9.61. The summed E-state index contributed by atoms with van der Waals surface area (Å²) >= 11 is 0. The van der Waals surface area contributed by atoms with E-state index in [9.17, 15) is 8.42 Å². The van der Waals surface area contributed by atoms with E-state index in [4.69, 9.17) is 0 Å². The van der Waals surface area contributed by atoms with Crippen molar-refractivity contribution >= 4 is 10.0 Å². The summed E-state index contributed by atoms with van der Waals surface area (Å²) in [5.41, 5.74) is 2.98. The number of hydrogen-bond acceptors (Lipinski definition) is 3. The van der Waals surface area contributed by atoms with Crippen LogP contribution in [0.2, 0.25) is 0 Å². The molecule has 2 N–H and O–H groups in total. The van der Waals surface area contributed by atoms with Crippen LogP contribution in [0.4, 0.5) is 0 Å². The zero-order chi connectivity index (χ0) is 26.1. The Balaban J connectivity index is 1.51. The largest absolute Gasteiger partial charge is 0.308 e. The van der Waals surface area contributed by atoms with Gasteiger partial charge in [0.1, 0.15) is 0 Å². The first kappa shape index (κ1) is 27.6. The van der Waals surface area contributed by atoms with Gasteiger partial charge in [-0.2, -0.15) is 0 Å². The average Bonchev–Trinajstić information content (AvgIpc) is 2.92. The molecular formula is C32H36N2O2S. The van der Waals surface area contributed by atoms with Crippen molar-refractivity contribution in [1.82, 2.24) is 10.0 Å². The molecule has 5 heteroatoms. The third kappa shape index (κ3) is 8.00. The summed E-state index contributed by atoms with van der Waals surface area (Å²) in [5, 5.41) is 3.69. The lowest BCUT2D eigenvalue weighted by molar-refractivity contribution is 0.417. The van der Waals surface area contributed by atoms with Crippen molar-refractivity contribution in [3.63, 3.8) is 0 Å². The zero-order valence-corrected chi connectivity index (χ0v) is 22.4. The van der Waals surface area contributed by atoms with Gasteiger partial charge in [0.05, 0.1) is 17.0 Å². The Bertz CT molecular complexity index is 1170. The van der Waals surface area contributed by atoms with Crippen molar-refractivity contribution in [2.45, 2.75) is 50.1 Å². The summed E-state index contributed by atoms with van der Waals surface area (Å²) < 4.78 is 30.0. The molecule has 4 nitrogen and oxygen atoms in total. The molecule has 0 spiro atoms. The molecule has 1 aliphatic rings. The van der Waals surface area contributed by atoms with Crippen LogP contribution in [0.25, 0.3) is 0 Å². The van der Waals surface area contributed by atoms with Crippen LogP contribution < -0.4 is 10.0 Å². The van der Waals surface area contributed by atoms with E-state index in [2.05, 4.69) is 54.8 Å². The quantitative estimate of drug-likeness (QED) is 0.272. The van der Waals surface area contributed by atoms with E-state index in [0.717, 1.165) is 42.5 Å². The molecule has 0 heterocycles. The van der Waals surface area contributed by atoms with E-state index in [-0.39, 0.29) is 10.9 Å². The maximum atomic E-state index is 13.5. The van der Waals surface area contributed by atoms with Gasteiger partial charge in [-0.3, -0.25) is 0 Å². The number of unbranched alkanes of at least 4 members (excludes halogenated alkanes) is 1. The van der Waals surface area contributed by atoms with E-state index < -0.39 is 16.1 Å². The number of aryl methyl sites for hydroxylation is 1. The number of sulfonamides is 1. The van der Waals surface area contributed by atoms with Crippen LogP contribution in [0, 0.1) is 44.4 Å². The molecule has 3 aromatic rings. The zero-order valence-electron chi connectivity index (χ0n) is 21.6. The van der Waals surface area contributed by atoms with Crippen LogP contribution >= 0.6 is 0 Å². The van der Waals surface area contributed by atoms with Crippen LogP contribution in [0.15, 0.2) is 89.8 Å². The Hall–Kier alpha value is -2.47. The van der Waals surface area contributed by atoms with E-state index in [1.165, 1.54) is 11.8 Å². The molecule has 192 valence electrons. The van der Waals surface area contributed by atoms with Crippen molar-refractivity contribution in [3.05, 3.63) is 139 Å². The van der Waals surface area contributed by atoms with E-state index >= 15 is 0 Å². The molecule has 1 aliphatic carbocycles. The van der Waals surface area contributed by atoms with Crippen molar-refractivity contribution in [2.75, 3.05) is 6.54 Å². The standard InChI is InChI=1S/C32H36N2O2S/c1-25-16-20-27(21-17-25)11-9-10-24-33-31(28-12-5-3-6-13-28)32(29-14-7-4-8-15-29)34-37(35,36)30-22-18-26(2)19-23-30/h3-8,12-23,31-34H,9-11,24H2,1-2H3/t31-,32-/m1/s1. The van der Waals surface area contributed by atoms with Gasteiger partial charge >= 0.3 is 0 Å². The SMILES string of the molecule is C[C]1[CH][CH][C](CCCCN[C@H](c2ccccc2)[C@H](NS(=O)(=O)c2ccc(C)cc2)c2ccccc2)[CH][CH]1. The van der Waals surface area contributed by atoms with E-state index in [0.29, 0.717) is 0 Å². The molecule has 1 fully saturated rings. The molecule has 6 radical (unpaired) electrons. The molecule has 0 aliphatic heterocycles. The van der Waals surface area contributed by atoms with E-state index in [1.807, 2.05) is 67.6 Å². The highest BCUT2D eigenvalue weighted by molar-refractivity contribution is 7.89. The van der Waals surface area contributed by atoms with Gasteiger partial charge < -0.3 is 5.32 Å². The number of hydrogen-bond donors (Lipinski definition) is 2. The summed E-state index contributed by atoms with van der Waals surface area (Å²) in [6.07, 6.45) is 11.8. The van der Waals surface area contributed by atoms with Gasteiger partial charge in [0.25, 0.3) is 0 Å². The van der Waals surface area contributed by atoms with Gasteiger partial charge in [0, 0.05) is 0 Å². The monoisotopic (exact) mass is 512 g/mol. The molecule has 0 bridgehead atoms. The van der Waals surface area contributed by atoms with Crippen molar-refractivity contribution < 1.29 is 8.42 Å². The average molecular weight is 513 g/mol. The fourth-order valence-corrected chi connectivity index (χ4v) is 5.73. The summed E-state index contributed by atoms with van der Waals surface area (Å²) in [4.78, 5) is 0.268. The molecule has 1 saturated carbocycles. The summed E-state index contributed by atoms with van der Waals surface area (Å²) in [6, 6.07) is 26.2. The Morgan fingerprint density at radius 2 is 1.24 bits per heavy atom. The lowest BCUT2D eigenvalue weighted by atomic mass is 9.81. The normalized spacial score (nSPS) is 16.9. The third-order valence-electron chi connectivity index (χ3n) is 6.64. The number of nitrogens with one attached hydrogen (secondary N) is 2. The van der Waals surface area contributed by atoms with Gasteiger partial charge in [-0.15, -0.1) is 0 Å². The second kappa shape index (κ2) is 13.4. The minimum absolute atomic E-state index is 0.233. The summed E-state index contributed by atoms with van der Waals surface area (Å²) in [5.74, 6) is 2.62. The molecule has 2 atom stereocenters. The highest BCUT2D eigenvalue weighted by Crippen LogP contribution is 2.32. The van der Waals surface area contributed by atoms with Crippen molar-refractivity contribution in [1.29, 1.82) is 0 Å². The van der Waals surface area contributed by atoms with Crippen LogP contribution in [0.3, 0.4) is 0 Å². The highest BCUT2D eigenvalue weighted by atomic mass is 32.2. The van der Waals surface area contributed by atoms with Crippen LogP contribution in [0.1, 0.15) is 55.0 Å². The van der Waals surface area contributed by atoms with Gasteiger partial charge in [-0.25, -0.2) is 13.1 Å². The summed E-state index contributed by atoms with van der Waals surface area (Å²) in [7, 11) is -3.74. The Morgan fingerprint density at radius 1 is 0.676 bits per heavy atom. The molecule has 4 rings (SSSR count). The molecule has 0 unspecified atom stereocenters. The fourth-order valence-electron chi connectivity index (χ4n) is 4.50. The highest BCUT2D eigenvalue weighted by Gasteiger charge is 2.29. The first-order valence-corrected chi connectivity index (χ1v) is 14.4. The van der Waals surface area contributed by atoms with Crippen LogP contribution in [-0.4, -0.2) is 15.0 Å². The fraction of sp³-hybridized carbons (Fsp3) is 0.250. The predicted molar refractivity (Wildman–Crippen MR) is 151 cm³/mol. The lowest BCUT2D eigenvalue weighted by Gasteiger charge is -2.30. The maximum Gasteiger partial charge on any atom is 0.241 e. The minimum Gasteiger partial charge on any atom is -0.308 e. The first-order chi connectivity index (χ1) is 17.9. The first-order valence-electron chi connectivity index (χ1n) is 12.9. The topological polar surface area (TPSA) is 58.2 Å². The molecule has 37 heavy (non-hydrogen) atoms. The summed E-state index contributed by atoms with van der Waals surface area (Å²) in [6.45, 7) is 4.83. The van der Waals surface area contributed by atoms with Crippen LogP contribution in [0.5, 0.6) is 0 Å². The lowest BCUT2D eigenvalue weighted by Crippen LogP contribution is -2.39. The number of rotatable bonds is 12. The van der Waals surface area contributed by atoms with Crippen LogP contribution in [-0.2, 0) is 10.0 Å². The van der Waals surface area contributed by atoms with Gasteiger partial charge in [0.2, 0.25) is 10.0 Å². The van der Waals surface area contributed by atoms with E-state index in [1.54, 1.807) is 12.1 Å². The number of benzene rings is 3. The van der Waals surface area contributed by atoms with Crippen molar-refractivity contribution in [3.8, 4) is 0 Å². The van der Waals surface area contributed by atoms with Gasteiger partial charge in [-0.05, 0) is 87.1 Å². The smallest absolute Gasteiger partial charge is 0.241 e. The van der Waals surface area contributed by atoms with Gasteiger partial charge in [0.15, 0.2) is 0 Å². The molecule has 0 saturated heterocycles. The Kier molecular flexibility index (Phi) is 9.95. The van der Waals surface area contributed by atoms with Crippen molar-refractivity contribution in [2.24, 2.45) is 0 Å². The molecular weight excluding hydrogens is 476 g/mol. The van der Waals surface area contributed by atoms with Gasteiger partial charge in [-0.1, -0.05) is 91.7 Å². The maximum absolute atomic E-state index is 13.5. The molecule has 3 aromatic carbocycles. The molecule has 0 aromatic heterocycles. The minimum atomic E-state index is -3.74.